The van der Waals surface area contributed by atoms with Gasteiger partial charge in [0.2, 0.25) is 0 Å². The van der Waals surface area contributed by atoms with Gasteiger partial charge in [-0.3, -0.25) is 4.79 Å². The number of aliphatic carboxylic acids is 1. The number of hydrogen-bond acceptors (Lipinski definition) is 4. The van der Waals surface area contributed by atoms with Crippen LogP contribution in [-0.4, -0.2) is 28.7 Å². The number of aliphatic hydroxyl groups is 1. The molecule has 0 aliphatic carbocycles. The van der Waals surface area contributed by atoms with E-state index in [0.717, 1.165) is 0 Å². The minimum atomic E-state index is -1.61. The largest absolute Gasteiger partial charge is 0.482 e. The van der Waals surface area contributed by atoms with Gasteiger partial charge in [0, 0.05) is 0 Å². The Morgan fingerprint density at radius 2 is 2.25 bits per heavy atom. The van der Waals surface area contributed by atoms with Crippen molar-refractivity contribution in [2.45, 2.75) is 6.10 Å². The third kappa shape index (κ3) is 1.82. The number of carbonyl (C=O) groups excluding carboxylic acids is 1. The molecule has 16 heavy (non-hydrogen) atoms. The number of ether oxygens (including phenoxy) is 1. The molecule has 1 amide bonds. The average molecular weight is 223 g/mol. The lowest BCUT2D eigenvalue weighted by Gasteiger charge is -2.19. The van der Waals surface area contributed by atoms with Crippen LogP contribution in [-0.2, 0) is 9.59 Å². The van der Waals surface area contributed by atoms with E-state index in [1.807, 2.05) is 0 Å². The summed E-state index contributed by atoms with van der Waals surface area (Å²) in [4.78, 5) is 21.6. The lowest BCUT2D eigenvalue weighted by Crippen LogP contribution is -2.25. The van der Waals surface area contributed by atoms with Crippen LogP contribution in [0.25, 0.3) is 0 Å². The fourth-order valence-electron chi connectivity index (χ4n) is 1.41. The lowest BCUT2D eigenvalue weighted by atomic mass is 10.1. The molecule has 1 aromatic carbocycles. The van der Waals surface area contributed by atoms with Gasteiger partial charge in [-0.05, 0) is 17.7 Å². The molecule has 0 spiro atoms. The standard InChI is InChI=1S/C10H9NO5/c12-8-4-16-7-2-1-5(3-6(7)11-8)9(13)10(14)15/h1-3,9,13H,4H2,(H,11,12)(H,14,15). The SMILES string of the molecule is O=C1COc2ccc(C(O)C(=O)O)cc2N1. The number of nitrogens with one attached hydrogen (secondary N) is 1. The van der Waals surface area contributed by atoms with Crippen molar-refractivity contribution in [2.75, 3.05) is 11.9 Å². The number of carboxylic acid groups (broad SMARTS) is 1. The first-order chi connectivity index (χ1) is 7.58. The fourth-order valence-corrected chi connectivity index (χ4v) is 1.41. The van der Waals surface area contributed by atoms with Crippen molar-refractivity contribution in [3.8, 4) is 5.75 Å². The van der Waals surface area contributed by atoms with Crippen molar-refractivity contribution < 1.29 is 24.5 Å². The van der Waals surface area contributed by atoms with Crippen LogP contribution in [0.2, 0.25) is 0 Å². The van der Waals surface area contributed by atoms with Crippen molar-refractivity contribution in [1.29, 1.82) is 0 Å². The summed E-state index contributed by atoms with van der Waals surface area (Å²) >= 11 is 0. The van der Waals surface area contributed by atoms with Gasteiger partial charge in [-0.1, -0.05) is 6.07 Å². The number of amides is 1. The summed E-state index contributed by atoms with van der Waals surface area (Å²) in [5, 5.41) is 20.5. The second kappa shape index (κ2) is 3.82. The van der Waals surface area contributed by atoms with Gasteiger partial charge in [0.15, 0.2) is 12.7 Å². The van der Waals surface area contributed by atoms with Crippen LogP contribution in [0.5, 0.6) is 5.75 Å². The zero-order valence-electron chi connectivity index (χ0n) is 8.14. The van der Waals surface area contributed by atoms with E-state index in [2.05, 4.69) is 5.32 Å². The molecular weight excluding hydrogens is 214 g/mol. The van der Waals surface area contributed by atoms with Crippen LogP contribution in [0.1, 0.15) is 11.7 Å². The molecule has 1 aliphatic rings. The number of carbonyl (C=O) groups is 2. The van der Waals surface area contributed by atoms with Crippen LogP contribution in [0, 0.1) is 0 Å². The zero-order valence-corrected chi connectivity index (χ0v) is 8.14. The van der Waals surface area contributed by atoms with Gasteiger partial charge in [-0.15, -0.1) is 0 Å². The van der Waals surface area contributed by atoms with Gasteiger partial charge >= 0.3 is 5.97 Å². The molecule has 1 atom stereocenters. The zero-order chi connectivity index (χ0) is 11.7. The first-order valence-corrected chi connectivity index (χ1v) is 4.55. The number of carboxylic acids is 1. The van der Waals surface area contributed by atoms with Gasteiger partial charge in [0.1, 0.15) is 5.75 Å². The minimum Gasteiger partial charge on any atom is -0.482 e. The van der Waals surface area contributed by atoms with E-state index in [4.69, 9.17) is 9.84 Å². The van der Waals surface area contributed by atoms with E-state index in [-0.39, 0.29) is 18.1 Å². The Balaban J connectivity index is 2.34. The summed E-state index contributed by atoms with van der Waals surface area (Å²) in [6.07, 6.45) is -1.61. The number of anilines is 1. The Bertz CT molecular complexity index is 457. The van der Waals surface area contributed by atoms with Crippen molar-refractivity contribution in [3.05, 3.63) is 23.8 Å². The van der Waals surface area contributed by atoms with Crippen LogP contribution in [0.3, 0.4) is 0 Å². The highest BCUT2D eigenvalue weighted by Gasteiger charge is 2.20. The Morgan fingerprint density at radius 3 is 2.94 bits per heavy atom. The summed E-state index contributed by atoms with van der Waals surface area (Å²) < 4.78 is 5.09. The molecule has 1 aliphatic heterocycles. The molecule has 1 unspecified atom stereocenters. The molecule has 0 saturated carbocycles. The van der Waals surface area contributed by atoms with E-state index >= 15 is 0 Å². The summed E-state index contributed by atoms with van der Waals surface area (Å²) in [5.74, 6) is -1.20. The molecular formula is C10H9NO5. The van der Waals surface area contributed by atoms with Crippen molar-refractivity contribution in [1.82, 2.24) is 0 Å². The maximum atomic E-state index is 11.0. The summed E-state index contributed by atoms with van der Waals surface area (Å²) in [6, 6.07) is 4.33. The third-order valence-corrected chi connectivity index (χ3v) is 2.19. The second-order valence-corrected chi connectivity index (χ2v) is 3.33. The molecule has 3 N–H and O–H groups in total. The number of hydrogen-bond donors (Lipinski definition) is 3. The van der Waals surface area contributed by atoms with E-state index in [1.165, 1.54) is 18.2 Å². The topological polar surface area (TPSA) is 95.9 Å². The van der Waals surface area contributed by atoms with E-state index in [0.29, 0.717) is 11.4 Å². The summed E-state index contributed by atoms with van der Waals surface area (Å²) in [6.45, 7) is -0.0617. The highest BCUT2D eigenvalue weighted by molar-refractivity contribution is 5.95. The molecule has 84 valence electrons. The Morgan fingerprint density at radius 1 is 1.50 bits per heavy atom. The van der Waals surface area contributed by atoms with Crippen molar-refractivity contribution in [3.63, 3.8) is 0 Å². The molecule has 0 radical (unpaired) electrons. The Labute approximate surface area is 90.5 Å². The van der Waals surface area contributed by atoms with Crippen molar-refractivity contribution >= 4 is 17.6 Å². The average Bonchev–Trinajstić information content (AvgIpc) is 2.26. The number of rotatable bonds is 2. The molecule has 0 aromatic heterocycles. The number of fused-ring (bicyclic) bond motifs is 1. The van der Waals surface area contributed by atoms with Crippen LogP contribution in [0.4, 0.5) is 5.69 Å². The lowest BCUT2D eigenvalue weighted by molar-refractivity contribution is -0.146. The molecule has 0 bridgehead atoms. The molecule has 2 rings (SSSR count). The van der Waals surface area contributed by atoms with Gasteiger partial charge < -0.3 is 20.3 Å². The highest BCUT2D eigenvalue weighted by atomic mass is 16.5. The van der Waals surface area contributed by atoms with E-state index < -0.39 is 12.1 Å². The quantitative estimate of drug-likeness (QED) is 0.662. The van der Waals surface area contributed by atoms with Gasteiger partial charge in [-0.25, -0.2) is 4.79 Å². The molecule has 6 heteroatoms. The third-order valence-electron chi connectivity index (χ3n) is 2.19. The number of aliphatic hydroxyl groups excluding tert-OH is 1. The Hall–Kier alpha value is -2.08. The summed E-state index contributed by atoms with van der Waals surface area (Å²) in [7, 11) is 0. The smallest absolute Gasteiger partial charge is 0.337 e. The van der Waals surface area contributed by atoms with Crippen molar-refractivity contribution in [2.24, 2.45) is 0 Å². The normalized spacial score (nSPS) is 15.7. The first kappa shape index (κ1) is 10.4. The van der Waals surface area contributed by atoms with Crippen LogP contribution in [0.15, 0.2) is 18.2 Å². The van der Waals surface area contributed by atoms with Gasteiger partial charge in [-0.2, -0.15) is 0 Å². The minimum absolute atomic E-state index is 0.0617. The maximum absolute atomic E-state index is 11.0. The van der Waals surface area contributed by atoms with Crippen LogP contribution < -0.4 is 10.1 Å². The fraction of sp³-hybridized carbons (Fsp3) is 0.200. The van der Waals surface area contributed by atoms with Crippen LogP contribution >= 0.6 is 0 Å². The summed E-state index contributed by atoms with van der Waals surface area (Å²) in [5.41, 5.74) is 0.561. The molecule has 0 saturated heterocycles. The Kier molecular flexibility index (Phi) is 2.49. The predicted molar refractivity (Wildman–Crippen MR) is 53.2 cm³/mol. The molecule has 1 heterocycles. The maximum Gasteiger partial charge on any atom is 0.337 e. The van der Waals surface area contributed by atoms with E-state index in [1.54, 1.807) is 0 Å². The molecule has 6 nitrogen and oxygen atoms in total. The molecule has 0 fully saturated rings. The second-order valence-electron chi connectivity index (χ2n) is 3.33. The van der Waals surface area contributed by atoms with Gasteiger partial charge in [0.25, 0.3) is 5.91 Å². The monoisotopic (exact) mass is 223 g/mol. The van der Waals surface area contributed by atoms with Gasteiger partial charge in [0.05, 0.1) is 5.69 Å². The predicted octanol–water partition coefficient (Wildman–Crippen LogP) is 0.135. The highest BCUT2D eigenvalue weighted by Crippen LogP contribution is 2.30. The molecule has 1 aromatic rings. The first-order valence-electron chi connectivity index (χ1n) is 4.55. The van der Waals surface area contributed by atoms with E-state index in [9.17, 15) is 14.7 Å². The number of benzene rings is 1.